The van der Waals surface area contributed by atoms with Crippen molar-refractivity contribution in [2.45, 2.75) is 40.2 Å². The number of hydrogen-bond acceptors (Lipinski definition) is 1. The van der Waals surface area contributed by atoms with E-state index >= 15 is 0 Å². The minimum atomic E-state index is -0.223. The first-order valence-electron chi connectivity index (χ1n) is 4.07. The van der Waals surface area contributed by atoms with Crippen LogP contribution in [0, 0.1) is 5.41 Å². The van der Waals surface area contributed by atoms with E-state index in [9.17, 15) is 4.79 Å². The van der Waals surface area contributed by atoms with Gasteiger partial charge in [-0.05, 0) is 19.3 Å². The second-order valence-corrected chi connectivity index (χ2v) is 4.82. The Morgan fingerprint density at radius 1 is 1.25 bits per heavy atom. The quantitative estimate of drug-likeness (QED) is 0.666. The summed E-state index contributed by atoms with van der Waals surface area (Å²) in [6.45, 7) is 10.2. The summed E-state index contributed by atoms with van der Waals surface area (Å²) < 4.78 is 0. The fourth-order valence-corrected chi connectivity index (χ4v) is 0.636. The summed E-state index contributed by atoms with van der Waals surface area (Å²) >= 11 is 5.40. The molecule has 0 aliphatic rings. The van der Waals surface area contributed by atoms with Crippen molar-refractivity contribution in [1.29, 1.82) is 0 Å². The van der Waals surface area contributed by atoms with Crippen LogP contribution in [0.15, 0.2) is 0 Å². The molecule has 0 rings (SSSR count). The lowest BCUT2D eigenvalue weighted by molar-refractivity contribution is -0.121. The zero-order chi connectivity index (χ0) is 9.99. The average Bonchev–Trinajstić information content (AvgIpc) is 1.84. The van der Waals surface area contributed by atoms with Crippen LogP contribution in [0.5, 0.6) is 0 Å². The molecule has 0 unspecified atom stereocenters. The van der Waals surface area contributed by atoms with Crippen molar-refractivity contribution in [3.05, 3.63) is 0 Å². The van der Waals surface area contributed by atoms with E-state index in [1.54, 1.807) is 0 Å². The largest absolute Gasteiger partial charge is 0.350 e. The average molecular weight is 192 g/mol. The lowest BCUT2D eigenvalue weighted by Gasteiger charge is -2.39. The monoisotopic (exact) mass is 191 g/mol. The summed E-state index contributed by atoms with van der Waals surface area (Å²) in [7, 11) is 0. The maximum absolute atomic E-state index is 11.0. The Labute approximate surface area is 79.7 Å². The van der Waals surface area contributed by atoms with E-state index in [0.717, 1.165) is 0 Å². The van der Waals surface area contributed by atoms with Crippen molar-refractivity contribution in [1.82, 2.24) is 5.32 Å². The lowest BCUT2D eigenvalue weighted by atomic mass is 9.76. The standard InChI is InChI=1S/C9H18ClNO/c1-8(2,3)9(4,5)11-7(12)6-10/h6H2,1-5H3,(H,11,12). The van der Waals surface area contributed by atoms with Gasteiger partial charge in [-0.3, -0.25) is 4.79 Å². The SMILES string of the molecule is CC(C)(C)C(C)(C)NC(=O)CCl. The highest BCUT2D eigenvalue weighted by atomic mass is 35.5. The Morgan fingerprint density at radius 2 is 1.67 bits per heavy atom. The molecule has 0 aliphatic carbocycles. The third-order valence-corrected chi connectivity index (χ3v) is 2.69. The summed E-state index contributed by atoms with van der Waals surface area (Å²) in [4.78, 5) is 11.0. The van der Waals surface area contributed by atoms with Gasteiger partial charge in [0.1, 0.15) is 5.88 Å². The number of nitrogens with one attached hydrogen (secondary N) is 1. The molecule has 0 heterocycles. The predicted molar refractivity (Wildman–Crippen MR) is 52.4 cm³/mol. The molecule has 0 fully saturated rings. The minimum absolute atomic E-state index is 0.0273. The van der Waals surface area contributed by atoms with Gasteiger partial charge in [0.2, 0.25) is 5.91 Å². The van der Waals surface area contributed by atoms with E-state index in [1.807, 2.05) is 13.8 Å². The minimum Gasteiger partial charge on any atom is -0.350 e. The Morgan fingerprint density at radius 3 is 1.92 bits per heavy atom. The van der Waals surface area contributed by atoms with Gasteiger partial charge in [-0.1, -0.05) is 20.8 Å². The molecule has 1 N–H and O–H groups in total. The molecule has 0 bridgehead atoms. The van der Waals surface area contributed by atoms with Gasteiger partial charge >= 0.3 is 0 Å². The Kier molecular flexibility index (Phi) is 3.58. The highest BCUT2D eigenvalue weighted by molar-refractivity contribution is 6.27. The summed E-state index contributed by atoms with van der Waals surface area (Å²) in [5.41, 5.74) is -0.187. The first-order valence-corrected chi connectivity index (χ1v) is 4.61. The number of hydrogen-bond donors (Lipinski definition) is 1. The molecule has 0 aliphatic heterocycles. The number of carbonyl (C=O) groups excluding carboxylic acids is 1. The van der Waals surface area contributed by atoms with Crippen LogP contribution in [0.4, 0.5) is 0 Å². The summed E-state index contributed by atoms with van der Waals surface area (Å²) in [5, 5.41) is 2.88. The molecule has 2 nitrogen and oxygen atoms in total. The van der Waals surface area contributed by atoms with Crippen molar-refractivity contribution in [3.63, 3.8) is 0 Å². The fraction of sp³-hybridized carbons (Fsp3) is 0.889. The number of carbonyl (C=O) groups is 1. The maximum atomic E-state index is 11.0. The van der Waals surface area contributed by atoms with E-state index in [4.69, 9.17) is 11.6 Å². The van der Waals surface area contributed by atoms with Gasteiger partial charge in [0, 0.05) is 5.54 Å². The maximum Gasteiger partial charge on any atom is 0.235 e. The molecule has 1 amide bonds. The summed E-state index contributed by atoms with van der Waals surface area (Å²) in [5.74, 6) is -0.0870. The number of rotatable bonds is 2. The van der Waals surface area contributed by atoms with Crippen molar-refractivity contribution >= 4 is 17.5 Å². The molecular weight excluding hydrogens is 174 g/mol. The van der Waals surface area contributed by atoms with Crippen LogP contribution in [-0.4, -0.2) is 17.3 Å². The van der Waals surface area contributed by atoms with Crippen molar-refractivity contribution in [3.8, 4) is 0 Å². The molecule has 0 spiro atoms. The van der Waals surface area contributed by atoms with E-state index in [-0.39, 0.29) is 22.7 Å². The van der Waals surface area contributed by atoms with E-state index < -0.39 is 0 Å². The van der Waals surface area contributed by atoms with E-state index in [2.05, 4.69) is 26.1 Å². The van der Waals surface area contributed by atoms with Crippen LogP contribution in [0.25, 0.3) is 0 Å². The van der Waals surface area contributed by atoms with Gasteiger partial charge < -0.3 is 5.32 Å². The van der Waals surface area contributed by atoms with Gasteiger partial charge in [-0.2, -0.15) is 0 Å². The van der Waals surface area contributed by atoms with Crippen molar-refractivity contribution in [2.75, 3.05) is 5.88 Å². The van der Waals surface area contributed by atoms with Crippen LogP contribution < -0.4 is 5.32 Å². The lowest BCUT2D eigenvalue weighted by Crippen LogP contribution is -2.52. The van der Waals surface area contributed by atoms with E-state index in [0.29, 0.717) is 0 Å². The fourth-order valence-electron chi connectivity index (χ4n) is 0.569. The molecule has 0 saturated heterocycles. The first kappa shape index (κ1) is 11.8. The van der Waals surface area contributed by atoms with E-state index in [1.165, 1.54) is 0 Å². The predicted octanol–water partition coefficient (Wildman–Crippen LogP) is 2.17. The number of alkyl halides is 1. The second-order valence-electron chi connectivity index (χ2n) is 4.56. The van der Waals surface area contributed by atoms with Crippen molar-refractivity contribution in [2.24, 2.45) is 5.41 Å². The van der Waals surface area contributed by atoms with Crippen LogP contribution in [0.1, 0.15) is 34.6 Å². The third-order valence-electron chi connectivity index (χ3n) is 2.45. The highest BCUT2D eigenvalue weighted by Crippen LogP contribution is 2.29. The van der Waals surface area contributed by atoms with Gasteiger partial charge in [0.05, 0.1) is 0 Å². The Balaban J connectivity index is 4.33. The van der Waals surface area contributed by atoms with Gasteiger partial charge in [-0.15, -0.1) is 11.6 Å². The summed E-state index contributed by atoms with van der Waals surface area (Å²) in [6.07, 6.45) is 0. The molecule has 0 aromatic heterocycles. The van der Waals surface area contributed by atoms with Crippen LogP contribution >= 0.6 is 11.6 Å². The van der Waals surface area contributed by atoms with Gasteiger partial charge in [0.25, 0.3) is 0 Å². The zero-order valence-corrected chi connectivity index (χ0v) is 9.25. The molecular formula is C9H18ClNO. The Bertz CT molecular complexity index is 170. The molecule has 0 aromatic rings. The van der Waals surface area contributed by atoms with Gasteiger partial charge in [-0.25, -0.2) is 0 Å². The van der Waals surface area contributed by atoms with Crippen LogP contribution in [-0.2, 0) is 4.79 Å². The molecule has 12 heavy (non-hydrogen) atoms. The van der Waals surface area contributed by atoms with Gasteiger partial charge in [0.15, 0.2) is 0 Å². The molecule has 0 aromatic carbocycles. The molecule has 3 heteroatoms. The zero-order valence-electron chi connectivity index (χ0n) is 8.49. The van der Waals surface area contributed by atoms with Crippen LogP contribution in [0.3, 0.4) is 0 Å². The smallest absolute Gasteiger partial charge is 0.235 e. The molecule has 0 radical (unpaired) electrons. The van der Waals surface area contributed by atoms with Crippen LogP contribution in [0.2, 0.25) is 0 Å². The molecule has 0 saturated carbocycles. The third kappa shape index (κ3) is 3.02. The number of halogens is 1. The topological polar surface area (TPSA) is 29.1 Å². The molecule has 72 valence electrons. The number of amides is 1. The second kappa shape index (κ2) is 3.65. The Hall–Kier alpha value is -0.240. The highest BCUT2D eigenvalue weighted by Gasteiger charge is 2.33. The summed E-state index contributed by atoms with van der Waals surface area (Å²) in [6, 6.07) is 0. The van der Waals surface area contributed by atoms with Crippen molar-refractivity contribution < 1.29 is 4.79 Å². The normalized spacial score (nSPS) is 12.8. The molecule has 0 atom stereocenters. The first-order chi connectivity index (χ1) is 5.20.